The number of hydrogen-bond donors (Lipinski definition) is 0. The Morgan fingerprint density at radius 1 is 1.00 bits per heavy atom. The van der Waals surface area contributed by atoms with Crippen LogP contribution in [0.3, 0.4) is 0 Å². The first-order valence-corrected chi connectivity index (χ1v) is 12.0. The molecule has 0 N–H and O–H groups in total. The number of rotatable bonds is 13. The molecule has 190 valence electrons. The molecule has 1 aliphatic heterocycles. The highest BCUT2D eigenvalue weighted by Crippen LogP contribution is 2.32. The van der Waals surface area contributed by atoms with E-state index in [9.17, 15) is 4.79 Å². The van der Waals surface area contributed by atoms with Crippen molar-refractivity contribution in [3.8, 4) is 11.5 Å². The first kappa shape index (κ1) is 26.7. The maximum absolute atomic E-state index is 12.7. The van der Waals surface area contributed by atoms with E-state index in [4.69, 9.17) is 23.8 Å². The zero-order valence-corrected chi connectivity index (χ0v) is 21.0. The van der Waals surface area contributed by atoms with E-state index in [0.717, 1.165) is 41.9 Å². The van der Waals surface area contributed by atoms with Crippen LogP contribution in [0.2, 0.25) is 0 Å². The number of ether oxygens (including phenoxy) is 4. The van der Waals surface area contributed by atoms with E-state index in [1.807, 2.05) is 53.6 Å². The summed E-state index contributed by atoms with van der Waals surface area (Å²) in [6, 6.07) is 15.7. The summed E-state index contributed by atoms with van der Waals surface area (Å²) in [6.45, 7) is 5.65. The smallest absolute Gasteiger partial charge is 0.310 e. The van der Waals surface area contributed by atoms with Gasteiger partial charge in [0.25, 0.3) is 0 Å². The van der Waals surface area contributed by atoms with Gasteiger partial charge in [0.1, 0.15) is 11.5 Å². The van der Waals surface area contributed by atoms with Gasteiger partial charge in [-0.2, -0.15) is 5.06 Å². The van der Waals surface area contributed by atoms with Gasteiger partial charge in [0.05, 0.1) is 40.0 Å². The Labute approximate surface area is 208 Å². The molecule has 2 aromatic rings. The zero-order chi connectivity index (χ0) is 25.0. The van der Waals surface area contributed by atoms with E-state index in [0.29, 0.717) is 26.2 Å². The van der Waals surface area contributed by atoms with Crippen molar-refractivity contribution in [1.29, 1.82) is 0 Å². The SMILES string of the molecule is C=C[C@H]1CC(C(=O)OC)[C@@H](CCCCOCc2ccc(OC)cc2)N(Cc2ccc(OC)cc2)O1. The van der Waals surface area contributed by atoms with Crippen LogP contribution in [0.25, 0.3) is 0 Å². The second-order valence-corrected chi connectivity index (χ2v) is 8.63. The van der Waals surface area contributed by atoms with Gasteiger partial charge in [-0.3, -0.25) is 9.63 Å². The maximum Gasteiger partial charge on any atom is 0.310 e. The summed E-state index contributed by atoms with van der Waals surface area (Å²) in [5.41, 5.74) is 2.19. The molecule has 0 spiro atoms. The molecule has 7 heteroatoms. The van der Waals surface area contributed by atoms with E-state index in [1.165, 1.54) is 7.11 Å². The minimum atomic E-state index is -0.282. The molecule has 0 bridgehead atoms. The van der Waals surface area contributed by atoms with E-state index < -0.39 is 0 Å². The molecule has 35 heavy (non-hydrogen) atoms. The normalized spacial score (nSPS) is 20.3. The largest absolute Gasteiger partial charge is 0.497 e. The predicted octanol–water partition coefficient (Wildman–Crippen LogP) is 4.94. The Morgan fingerprint density at radius 3 is 2.20 bits per heavy atom. The van der Waals surface area contributed by atoms with E-state index >= 15 is 0 Å². The Hall–Kier alpha value is -2.87. The summed E-state index contributed by atoms with van der Waals surface area (Å²) >= 11 is 0. The summed E-state index contributed by atoms with van der Waals surface area (Å²) in [6.07, 6.45) is 4.67. The van der Waals surface area contributed by atoms with Gasteiger partial charge in [0.15, 0.2) is 0 Å². The lowest BCUT2D eigenvalue weighted by Gasteiger charge is -2.42. The second kappa shape index (κ2) is 13.9. The Balaban J connectivity index is 1.57. The number of hydrogen-bond acceptors (Lipinski definition) is 7. The summed E-state index contributed by atoms with van der Waals surface area (Å²) in [7, 11) is 4.75. The second-order valence-electron chi connectivity index (χ2n) is 8.63. The minimum Gasteiger partial charge on any atom is -0.497 e. The predicted molar refractivity (Wildman–Crippen MR) is 134 cm³/mol. The molecule has 0 aliphatic carbocycles. The fourth-order valence-corrected chi connectivity index (χ4v) is 4.33. The Kier molecular flexibility index (Phi) is 10.6. The molecule has 7 nitrogen and oxygen atoms in total. The van der Waals surface area contributed by atoms with Crippen LogP contribution in [0.4, 0.5) is 0 Å². The quantitative estimate of drug-likeness (QED) is 0.227. The molecule has 1 heterocycles. The number of methoxy groups -OCH3 is 3. The molecule has 0 radical (unpaired) electrons. The van der Waals surface area contributed by atoms with Crippen LogP contribution in [-0.2, 0) is 32.3 Å². The van der Waals surface area contributed by atoms with E-state index in [2.05, 4.69) is 6.58 Å². The third kappa shape index (κ3) is 7.82. The van der Waals surface area contributed by atoms with Crippen LogP contribution in [0.5, 0.6) is 11.5 Å². The lowest BCUT2D eigenvalue weighted by molar-refractivity contribution is -0.260. The highest BCUT2D eigenvalue weighted by molar-refractivity contribution is 5.73. The van der Waals surface area contributed by atoms with Crippen LogP contribution in [-0.4, -0.2) is 51.1 Å². The average molecular weight is 484 g/mol. The minimum absolute atomic E-state index is 0.0951. The molecule has 1 fully saturated rings. The summed E-state index contributed by atoms with van der Waals surface area (Å²) < 4.78 is 21.5. The third-order valence-electron chi connectivity index (χ3n) is 6.32. The molecule has 0 saturated carbocycles. The fourth-order valence-electron chi connectivity index (χ4n) is 4.33. The van der Waals surface area contributed by atoms with Gasteiger partial charge in [-0.05, 0) is 61.1 Å². The number of carbonyl (C=O) groups excluding carboxylic acids is 1. The number of carbonyl (C=O) groups is 1. The van der Waals surface area contributed by atoms with Gasteiger partial charge < -0.3 is 18.9 Å². The topological polar surface area (TPSA) is 66.5 Å². The van der Waals surface area contributed by atoms with Crippen LogP contribution in [0, 0.1) is 5.92 Å². The van der Waals surface area contributed by atoms with Gasteiger partial charge in [0.2, 0.25) is 0 Å². The van der Waals surface area contributed by atoms with Crippen molar-refractivity contribution in [2.75, 3.05) is 27.9 Å². The number of unbranched alkanes of at least 4 members (excludes halogenated alkanes) is 1. The maximum atomic E-state index is 12.7. The van der Waals surface area contributed by atoms with Crippen molar-refractivity contribution < 1.29 is 28.6 Å². The van der Waals surface area contributed by atoms with Crippen LogP contribution < -0.4 is 9.47 Å². The number of nitrogens with zero attached hydrogens (tertiary/aromatic N) is 1. The third-order valence-corrected chi connectivity index (χ3v) is 6.32. The van der Waals surface area contributed by atoms with Gasteiger partial charge in [-0.25, -0.2) is 0 Å². The molecular weight excluding hydrogens is 446 g/mol. The Morgan fingerprint density at radius 2 is 1.63 bits per heavy atom. The fraction of sp³-hybridized carbons (Fsp3) is 0.464. The summed E-state index contributed by atoms with van der Waals surface area (Å²) in [4.78, 5) is 18.9. The van der Waals surface area contributed by atoms with Crippen LogP contribution in [0.15, 0.2) is 61.2 Å². The number of benzene rings is 2. The highest BCUT2D eigenvalue weighted by atomic mass is 16.7. The monoisotopic (exact) mass is 483 g/mol. The van der Waals surface area contributed by atoms with Crippen LogP contribution >= 0.6 is 0 Å². The first-order chi connectivity index (χ1) is 17.1. The lowest BCUT2D eigenvalue weighted by Crippen LogP contribution is -2.51. The van der Waals surface area contributed by atoms with Crippen molar-refractivity contribution in [1.82, 2.24) is 5.06 Å². The van der Waals surface area contributed by atoms with Crippen LogP contribution in [0.1, 0.15) is 36.8 Å². The lowest BCUT2D eigenvalue weighted by atomic mass is 9.88. The van der Waals surface area contributed by atoms with Crippen molar-refractivity contribution in [3.05, 3.63) is 72.3 Å². The molecule has 1 unspecified atom stereocenters. The zero-order valence-electron chi connectivity index (χ0n) is 21.0. The van der Waals surface area contributed by atoms with Crippen molar-refractivity contribution in [2.24, 2.45) is 5.92 Å². The molecule has 3 rings (SSSR count). The molecule has 2 aromatic carbocycles. The summed E-state index contributed by atoms with van der Waals surface area (Å²) in [5.74, 6) is 1.15. The van der Waals surface area contributed by atoms with Gasteiger partial charge in [-0.1, -0.05) is 30.3 Å². The first-order valence-electron chi connectivity index (χ1n) is 12.0. The molecular formula is C28H37NO6. The van der Waals surface area contributed by atoms with Crippen molar-refractivity contribution in [2.45, 2.75) is 51.0 Å². The van der Waals surface area contributed by atoms with Gasteiger partial charge in [0, 0.05) is 19.2 Å². The molecule has 3 atom stereocenters. The van der Waals surface area contributed by atoms with Crippen molar-refractivity contribution >= 4 is 5.97 Å². The Bertz CT molecular complexity index is 914. The molecule has 1 saturated heterocycles. The standard InChI is InChI=1S/C28H37NO6/c1-5-23-18-26(28(30)33-4)27(29(35-23)19-21-9-13-24(31-2)14-10-21)8-6-7-17-34-20-22-11-15-25(32-3)16-12-22/h5,9-16,23,26-27H,1,6-8,17-20H2,2-4H3/t23-,26?,27+/m0/s1. The van der Waals surface area contributed by atoms with Crippen molar-refractivity contribution in [3.63, 3.8) is 0 Å². The highest BCUT2D eigenvalue weighted by Gasteiger charge is 2.40. The molecule has 0 aromatic heterocycles. The molecule has 1 aliphatic rings. The van der Waals surface area contributed by atoms with E-state index in [1.54, 1.807) is 20.3 Å². The molecule has 0 amide bonds. The average Bonchev–Trinajstić information content (AvgIpc) is 2.91. The summed E-state index contributed by atoms with van der Waals surface area (Å²) in [5, 5.41) is 1.93. The van der Waals surface area contributed by atoms with Gasteiger partial charge in [-0.15, -0.1) is 6.58 Å². The number of hydroxylamine groups is 2. The van der Waals surface area contributed by atoms with Gasteiger partial charge >= 0.3 is 5.97 Å². The van der Waals surface area contributed by atoms with E-state index in [-0.39, 0.29) is 24.0 Å². The number of esters is 1.